The summed E-state index contributed by atoms with van der Waals surface area (Å²) in [4.78, 5) is 22.3. The normalized spacial score (nSPS) is 12.1. The van der Waals surface area contributed by atoms with Crippen LogP contribution in [0.4, 0.5) is 13.2 Å². The van der Waals surface area contributed by atoms with Crippen LogP contribution in [0, 0.1) is 0 Å². The van der Waals surface area contributed by atoms with Crippen molar-refractivity contribution < 1.29 is 22.8 Å². The molecule has 2 amide bonds. The number of amides is 2. The molecule has 0 saturated heterocycles. The number of alkyl halides is 3. The maximum absolute atomic E-state index is 11.7. The van der Waals surface area contributed by atoms with Crippen LogP contribution in [-0.2, 0) is 9.59 Å². The van der Waals surface area contributed by atoms with Crippen LogP contribution >= 0.6 is 0 Å². The van der Waals surface area contributed by atoms with Gasteiger partial charge in [0.25, 0.3) is 0 Å². The predicted octanol–water partition coefficient (Wildman–Crippen LogP) is 0.169. The van der Waals surface area contributed by atoms with Gasteiger partial charge in [0.15, 0.2) is 0 Å². The van der Waals surface area contributed by atoms with Crippen LogP contribution in [0.1, 0.15) is 20.8 Å². The van der Waals surface area contributed by atoms with Gasteiger partial charge in [-0.05, 0) is 20.8 Å². The summed E-state index contributed by atoms with van der Waals surface area (Å²) in [7, 11) is 0. The number of carbonyl (C=O) groups is 2. The minimum atomic E-state index is -4.36. The molecule has 0 atom stereocenters. The molecular weight excluding hydrogens is 251 g/mol. The van der Waals surface area contributed by atoms with Gasteiger partial charge in [0.1, 0.15) is 0 Å². The molecule has 5 nitrogen and oxygen atoms in total. The van der Waals surface area contributed by atoms with Crippen molar-refractivity contribution in [3.63, 3.8) is 0 Å². The van der Waals surface area contributed by atoms with Crippen molar-refractivity contribution in [1.29, 1.82) is 0 Å². The van der Waals surface area contributed by atoms with Gasteiger partial charge >= 0.3 is 6.18 Å². The maximum Gasteiger partial charge on any atom is 0.401 e. The predicted molar refractivity (Wildman–Crippen MR) is 59.8 cm³/mol. The third-order valence-electron chi connectivity index (χ3n) is 1.57. The van der Waals surface area contributed by atoms with E-state index in [0.29, 0.717) is 0 Å². The molecule has 0 spiro atoms. The van der Waals surface area contributed by atoms with Crippen LogP contribution in [0.3, 0.4) is 0 Å². The fourth-order valence-electron chi connectivity index (χ4n) is 1.02. The summed E-state index contributed by atoms with van der Waals surface area (Å²) in [5, 5.41) is 6.74. The van der Waals surface area contributed by atoms with E-state index in [1.165, 1.54) is 0 Å². The Bertz CT molecular complexity index is 298. The number of carbonyl (C=O) groups excluding carboxylic acids is 2. The van der Waals surface area contributed by atoms with Crippen molar-refractivity contribution in [3.05, 3.63) is 0 Å². The molecule has 0 aromatic heterocycles. The SMILES string of the molecule is CC(C)(C)NC(=O)CNC(=O)CNCC(F)(F)F. The van der Waals surface area contributed by atoms with Crippen molar-refractivity contribution in [3.8, 4) is 0 Å². The molecule has 0 aliphatic heterocycles. The van der Waals surface area contributed by atoms with Crippen LogP contribution in [0.5, 0.6) is 0 Å². The van der Waals surface area contributed by atoms with E-state index in [1.807, 2.05) is 5.32 Å². The largest absolute Gasteiger partial charge is 0.401 e. The highest BCUT2D eigenvalue weighted by molar-refractivity contribution is 5.85. The number of rotatable bonds is 5. The van der Waals surface area contributed by atoms with Crippen molar-refractivity contribution in [1.82, 2.24) is 16.0 Å². The molecule has 0 aromatic carbocycles. The van der Waals surface area contributed by atoms with Gasteiger partial charge in [0, 0.05) is 5.54 Å². The van der Waals surface area contributed by atoms with Gasteiger partial charge in [-0.2, -0.15) is 13.2 Å². The Hall–Kier alpha value is -1.31. The van der Waals surface area contributed by atoms with Crippen LogP contribution < -0.4 is 16.0 Å². The first-order chi connectivity index (χ1) is 7.99. The number of hydrogen-bond donors (Lipinski definition) is 3. The Labute approximate surface area is 103 Å². The zero-order valence-electron chi connectivity index (χ0n) is 10.6. The smallest absolute Gasteiger partial charge is 0.350 e. The van der Waals surface area contributed by atoms with Crippen molar-refractivity contribution >= 4 is 11.8 Å². The van der Waals surface area contributed by atoms with E-state index < -0.39 is 36.6 Å². The number of nitrogens with one attached hydrogen (secondary N) is 3. The summed E-state index contributed by atoms with van der Waals surface area (Å²) >= 11 is 0. The Morgan fingerprint density at radius 3 is 2.00 bits per heavy atom. The molecule has 0 radical (unpaired) electrons. The minimum absolute atomic E-state index is 0.260. The summed E-state index contributed by atoms with van der Waals surface area (Å²) in [6.07, 6.45) is -4.36. The van der Waals surface area contributed by atoms with Crippen molar-refractivity contribution in [2.75, 3.05) is 19.6 Å². The summed E-state index contributed by atoms with van der Waals surface area (Å²) < 4.78 is 35.2. The second kappa shape index (κ2) is 6.58. The molecule has 106 valence electrons. The summed E-state index contributed by atoms with van der Waals surface area (Å²) in [6.45, 7) is 3.34. The first-order valence-corrected chi connectivity index (χ1v) is 5.35. The second-order valence-electron chi connectivity index (χ2n) is 4.79. The molecular formula is C10H18F3N3O2. The number of hydrogen-bond acceptors (Lipinski definition) is 3. The first kappa shape index (κ1) is 16.7. The zero-order chi connectivity index (χ0) is 14.4. The molecule has 0 bridgehead atoms. The van der Waals surface area contributed by atoms with Crippen LogP contribution in [0.2, 0.25) is 0 Å². The molecule has 0 aliphatic carbocycles. The standard InChI is InChI=1S/C10H18F3N3O2/c1-9(2,3)16-8(18)5-15-7(17)4-14-6-10(11,12)13/h14H,4-6H2,1-3H3,(H,15,17)(H,16,18). The lowest BCUT2D eigenvalue weighted by atomic mass is 10.1. The van der Waals surface area contributed by atoms with Crippen LogP contribution in [-0.4, -0.2) is 43.2 Å². The summed E-state index contributed by atoms with van der Waals surface area (Å²) in [5.74, 6) is -1.06. The number of halogens is 3. The van der Waals surface area contributed by atoms with E-state index in [0.717, 1.165) is 0 Å². The lowest BCUT2D eigenvalue weighted by molar-refractivity contribution is -0.130. The van der Waals surface area contributed by atoms with E-state index in [2.05, 4.69) is 10.6 Å². The van der Waals surface area contributed by atoms with E-state index in [4.69, 9.17) is 0 Å². The molecule has 0 saturated carbocycles. The first-order valence-electron chi connectivity index (χ1n) is 5.35. The third-order valence-corrected chi connectivity index (χ3v) is 1.57. The highest BCUT2D eigenvalue weighted by Crippen LogP contribution is 2.11. The topological polar surface area (TPSA) is 70.2 Å². The maximum atomic E-state index is 11.7. The molecule has 0 unspecified atom stereocenters. The van der Waals surface area contributed by atoms with Crippen LogP contribution in [0.25, 0.3) is 0 Å². The third kappa shape index (κ3) is 11.2. The van der Waals surface area contributed by atoms with Gasteiger partial charge in [-0.1, -0.05) is 0 Å². The molecule has 0 fully saturated rings. The average Bonchev–Trinajstić information content (AvgIpc) is 2.09. The fourth-order valence-corrected chi connectivity index (χ4v) is 1.02. The minimum Gasteiger partial charge on any atom is -0.350 e. The van der Waals surface area contributed by atoms with Gasteiger partial charge < -0.3 is 16.0 Å². The molecule has 0 aromatic rings. The molecule has 3 N–H and O–H groups in total. The Morgan fingerprint density at radius 2 is 1.56 bits per heavy atom. The average molecular weight is 269 g/mol. The highest BCUT2D eigenvalue weighted by atomic mass is 19.4. The van der Waals surface area contributed by atoms with Crippen LogP contribution in [0.15, 0.2) is 0 Å². The van der Waals surface area contributed by atoms with Crippen molar-refractivity contribution in [2.45, 2.75) is 32.5 Å². The van der Waals surface area contributed by atoms with E-state index in [9.17, 15) is 22.8 Å². The lowest BCUT2D eigenvalue weighted by Crippen LogP contribution is -2.47. The molecule has 8 heteroatoms. The zero-order valence-corrected chi connectivity index (χ0v) is 10.6. The molecule has 18 heavy (non-hydrogen) atoms. The molecule has 0 aliphatic rings. The van der Waals surface area contributed by atoms with Gasteiger partial charge in [-0.3, -0.25) is 9.59 Å². The van der Waals surface area contributed by atoms with Gasteiger partial charge in [0.05, 0.1) is 19.6 Å². The Morgan fingerprint density at radius 1 is 1.00 bits per heavy atom. The Balaban J connectivity index is 3.75. The van der Waals surface area contributed by atoms with Crippen molar-refractivity contribution in [2.24, 2.45) is 0 Å². The second-order valence-corrected chi connectivity index (χ2v) is 4.79. The highest BCUT2D eigenvalue weighted by Gasteiger charge is 2.26. The van der Waals surface area contributed by atoms with E-state index in [1.54, 1.807) is 20.8 Å². The van der Waals surface area contributed by atoms with Gasteiger partial charge in [-0.15, -0.1) is 0 Å². The lowest BCUT2D eigenvalue weighted by Gasteiger charge is -2.20. The quantitative estimate of drug-likeness (QED) is 0.666. The van der Waals surface area contributed by atoms with Gasteiger partial charge in [-0.25, -0.2) is 0 Å². The monoisotopic (exact) mass is 269 g/mol. The van der Waals surface area contributed by atoms with E-state index in [-0.39, 0.29) is 6.54 Å². The molecule has 0 rings (SSSR count). The van der Waals surface area contributed by atoms with Gasteiger partial charge in [0.2, 0.25) is 11.8 Å². The summed E-state index contributed by atoms with van der Waals surface area (Å²) in [5.41, 5.74) is -0.420. The summed E-state index contributed by atoms with van der Waals surface area (Å²) in [6, 6.07) is 0. The molecule has 0 heterocycles. The fraction of sp³-hybridized carbons (Fsp3) is 0.800. The Kier molecular flexibility index (Phi) is 6.10. The van der Waals surface area contributed by atoms with E-state index >= 15 is 0 Å².